The van der Waals surface area contributed by atoms with Gasteiger partial charge in [-0.3, -0.25) is 4.79 Å². The lowest BCUT2D eigenvalue weighted by Crippen LogP contribution is -1.98. The zero-order valence-corrected chi connectivity index (χ0v) is 9.03. The molecule has 0 amide bonds. The monoisotopic (exact) mass is 217 g/mol. The molecule has 0 saturated heterocycles. The minimum Gasteiger partial charge on any atom is -0.459 e. The third-order valence-corrected chi connectivity index (χ3v) is 1.94. The van der Waals surface area contributed by atoms with Gasteiger partial charge in [0.2, 0.25) is 0 Å². The van der Waals surface area contributed by atoms with Crippen molar-refractivity contribution in [2.75, 3.05) is 12.8 Å². The molecule has 0 heterocycles. The van der Waals surface area contributed by atoms with Crippen LogP contribution in [0.2, 0.25) is 0 Å². The molecule has 0 aromatic heterocycles. The van der Waals surface area contributed by atoms with Crippen molar-refractivity contribution in [3.8, 4) is 11.8 Å². The van der Waals surface area contributed by atoms with Crippen LogP contribution < -0.4 is 5.73 Å². The number of esters is 1. The molecule has 0 bridgehead atoms. The van der Waals surface area contributed by atoms with E-state index in [1.807, 2.05) is 0 Å². The summed E-state index contributed by atoms with van der Waals surface area (Å²) in [6.45, 7) is 1.45. The summed E-state index contributed by atoms with van der Waals surface area (Å²) in [5.74, 6) is 4.13. The fraction of sp³-hybridized carbons (Fsp3) is 0.167. The lowest BCUT2D eigenvalue weighted by molar-refractivity contribution is -0.133. The van der Waals surface area contributed by atoms with E-state index in [9.17, 15) is 9.59 Å². The molecule has 16 heavy (non-hydrogen) atoms. The fourth-order valence-electron chi connectivity index (χ4n) is 1.06. The maximum atomic E-state index is 11.1. The molecule has 2 N–H and O–H groups in total. The predicted molar refractivity (Wildman–Crippen MR) is 59.8 cm³/mol. The highest BCUT2D eigenvalue weighted by Crippen LogP contribution is 2.13. The van der Waals surface area contributed by atoms with Crippen LogP contribution >= 0.6 is 0 Å². The van der Waals surface area contributed by atoms with E-state index in [-0.39, 0.29) is 5.78 Å². The molecule has 4 heteroatoms. The van der Waals surface area contributed by atoms with Crippen LogP contribution in [0.4, 0.5) is 5.69 Å². The molecule has 0 unspecified atom stereocenters. The average molecular weight is 217 g/mol. The molecular formula is C12H11NO3. The summed E-state index contributed by atoms with van der Waals surface area (Å²) >= 11 is 0. The van der Waals surface area contributed by atoms with Gasteiger partial charge < -0.3 is 10.5 Å². The number of hydrogen-bond acceptors (Lipinski definition) is 4. The Morgan fingerprint density at radius 2 is 2.06 bits per heavy atom. The summed E-state index contributed by atoms with van der Waals surface area (Å²) in [7, 11) is 1.25. The first kappa shape index (κ1) is 11.8. The van der Waals surface area contributed by atoms with Gasteiger partial charge in [0.15, 0.2) is 5.78 Å². The van der Waals surface area contributed by atoms with Crippen molar-refractivity contribution in [3.63, 3.8) is 0 Å². The number of rotatable bonds is 1. The summed E-state index contributed by atoms with van der Waals surface area (Å²) in [5.41, 5.74) is 7.06. The van der Waals surface area contributed by atoms with E-state index in [0.717, 1.165) is 0 Å². The standard InChI is InChI=1S/C12H11NO3/c1-8(14)10-4-3-9(11(13)7-10)5-6-12(15)16-2/h3-4,7H,13H2,1-2H3. The quantitative estimate of drug-likeness (QED) is 0.329. The van der Waals surface area contributed by atoms with Gasteiger partial charge in [-0.25, -0.2) is 4.79 Å². The van der Waals surface area contributed by atoms with Gasteiger partial charge in [-0.2, -0.15) is 0 Å². The molecule has 1 aromatic rings. The number of hydrogen-bond donors (Lipinski definition) is 1. The number of carbonyl (C=O) groups is 2. The lowest BCUT2D eigenvalue weighted by Gasteiger charge is -2.00. The Labute approximate surface area is 93.4 Å². The zero-order chi connectivity index (χ0) is 12.1. The number of nitrogen functional groups attached to an aromatic ring is 1. The van der Waals surface area contributed by atoms with Crippen LogP contribution in [0.3, 0.4) is 0 Å². The SMILES string of the molecule is COC(=O)C#Cc1ccc(C(C)=O)cc1N. The van der Waals surface area contributed by atoms with Crippen molar-refractivity contribution in [2.45, 2.75) is 6.92 Å². The molecular weight excluding hydrogens is 206 g/mol. The molecule has 0 fully saturated rings. The van der Waals surface area contributed by atoms with Crippen molar-refractivity contribution in [1.29, 1.82) is 0 Å². The molecule has 4 nitrogen and oxygen atoms in total. The van der Waals surface area contributed by atoms with Gasteiger partial charge in [0.1, 0.15) is 0 Å². The topological polar surface area (TPSA) is 69.4 Å². The van der Waals surface area contributed by atoms with Gasteiger partial charge in [0.05, 0.1) is 7.11 Å². The summed E-state index contributed by atoms with van der Waals surface area (Å²) in [6.07, 6.45) is 0. The number of nitrogens with two attached hydrogens (primary N) is 1. The Morgan fingerprint density at radius 1 is 1.38 bits per heavy atom. The van der Waals surface area contributed by atoms with E-state index in [2.05, 4.69) is 16.6 Å². The molecule has 0 spiro atoms. The van der Waals surface area contributed by atoms with Crippen LogP contribution in [0.1, 0.15) is 22.8 Å². The van der Waals surface area contributed by atoms with Gasteiger partial charge in [-0.05, 0) is 19.1 Å². The van der Waals surface area contributed by atoms with Crippen LogP contribution in [-0.4, -0.2) is 18.9 Å². The van der Waals surface area contributed by atoms with Crippen molar-refractivity contribution < 1.29 is 14.3 Å². The van der Waals surface area contributed by atoms with E-state index in [1.54, 1.807) is 12.1 Å². The molecule has 0 aliphatic heterocycles. The largest absolute Gasteiger partial charge is 0.459 e. The number of ketones is 1. The predicted octanol–water partition coefficient (Wildman–Crippen LogP) is 0.996. The molecule has 1 rings (SSSR count). The first-order valence-corrected chi connectivity index (χ1v) is 4.55. The zero-order valence-electron chi connectivity index (χ0n) is 9.03. The van der Waals surface area contributed by atoms with Gasteiger partial charge in [0.25, 0.3) is 0 Å². The first-order chi connectivity index (χ1) is 7.54. The Balaban J connectivity index is 3.03. The Bertz CT molecular complexity index is 495. The second-order valence-electron chi connectivity index (χ2n) is 3.10. The molecule has 0 atom stereocenters. The third kappa shape index (κ3) is 2.85. The van der Waals surface area contributed by atoms with E-state index < -0.39 is 5.97 Å². The van der Waals surface area contributed by atoms with Crippen molar-refractivity contribution in [2.24, 2.45) is 0 Å². The average Bonchev–Trinajstić information content (AvgIpc) is 2.26. The van der Waals surface area contributed by atoms with E-state index in [1.165, 1.54) is 20.1 Å². The number of methoxy groups -OCH3 is 1. The first-order valence-electron chi connectivity index (χ1n) is 4.55. The van der Waals surface area contributed by atoms with Gasteiger partial charge in [-0.15, -0.1) is 0 Å². The molecule has 0 aliphatic rings. The van der Waals surface area contributed by atoms with Crippen molar-refractivity contribution in [3.05, 3.63) is 29.3 Å². The second kappa shape index (κ2) is 4.99. The normalized spacial score (nSPS) is 8.88. The summed E-state index contributed by atoms with van der Waals surface area (Å²) in [4.78, 5) is 21.8. The van der Waals surface area contributed by atoms with Crippen LogP contribution in [0.5, 0.6) is 0 Å². The highest BCUT2D eigenvalue weighted by molar-refractivity contribution is 5.95. The van der Waals surface area contributed by atoms with Crippen LogP contribution in [0.15, 0.2) is 18.2 Å². The second-order valence-corrected chi connectivity index (χ2v) is 3.10. The maximum Gasteiger partial charge on any atom is 0.384 e. The van der Waals surface area contributed by atoms with E-state index >= 15 is 0 Å². The van der Waals surface area contributed by atoms with Crippen LogP contribution in [0, 0.1) is 11.8 Å². The number of carbonyl (C=O) groups excluding carboxylic acids is 2. The molecule has 82 valence electrons. The Morgan fingerprint density at radius 3 is 2.56 bits per heavy atom. The van der Waals surface area contributed by atoms with Crippen molar-refractivity contribution in [1.82, 2.24) is 0 Å². The highest BCUT2D eigenvalue weighted by atomic mass is 16.5. The minimum absolute atomic E-state index is 0.0702. The smallest absolute Gasteiger partial charge is 0.384 e. The van der Waals surface area contributed by atoms with Crippen LogP contribution in [-0.2, 0) is 9.53 Å². The lowest BCUT2D eigenvalue weighted by atomic mass is 10.1. The molecule has 1 aromatic carbocycles. The highest BCUT2D eigenvalue weighted by Gasteiger charge is 2.02. The molecule has 0 saturated carbocycles. The Kier molecular flexibility index (Phi) is 3.67. The third-order valence-electron chi connectivity index (χ3n) is 1.94. The number of anilines is 1. The van der Waals surface area contributed by atoms with Gasteiger partial charge in [0, 0.05) is 22.7 Å². The maximum absolute atomic E-state index is 11.1. The van der Waals surface area contributed by atoms with Gasteiger partial charge in [-0.1, -0.05) is 12.0 Å². The minimum atomic E-state index is -0.630. The number of benzene rings is 1. The molecule has 0 radical (unpaired) electrons. The van der Waals surface area contributed by atoms with Gasteiger partial charge >= 0.3 is 5.97 Å². The van der Waals surface area contributed by atoms with Crippen LogP contribution in [0.25, 0.3) is 0 Å². The summed E-state index contributed by atoms with van der Waals surface area (Å²) < 4.78 is 4.37. The van der Waals surface area contributed by atoms with E-state index in [4.69, 9.17) is 5.73 Å². The number of ether oxygens (including phenoxy) is 1. The van der Waals surface area contributed by atoms with E-state index in [0.29, 0.717) is 16.8 Å². The van der Waals surface area contributed by atoms with Crippen molar-refractivity contribution >= 4 is 17.4 Å². The summed E-state index contributed by atoms with van der Waals surface area (Å²) in [5, 5.41) is 0. The fourth-order valence-corrected chi connectivity index (χ4v) is 1.06. The Hall–Kier alpha value is -2.28. The molecule has 0 aliphatic carbocycles. The number of Topliss-reactive ketones (excluding diaryl/α,β-unsaturated/α-hetero) is 1. The summed E-state index contributed by atoms with van der Waals surface area (Å²) in [6, 6.07) is 4.74.